The number of hydrogen-bond donors (Lipinski definition) is 0. The van der Waals surface area contributed by atoms with Crippen LogP contribution in [0.5, 0.6) is 0 Å². The lowest BCUT2D eigenvalue weighted by atomic mass is 9.95. The molecular formula is C60H36N2OS. The summed E-state index contributed by atoms with van der Waals surface area (Å²) in [5.41, 5.74) is 16.0. The van der Waals surface area contributed by atoms with Gasteiger partial charge < -0.3 is 13.6 Å². The molecule has 4 aromatic heterocycles. The molecular weight excluding hydrogens is 797 g/mol. The normalized spacial score (nSPS) is 12.1. The van der Waals surface area contributed by atoms with Gasteiger partial charge in [0.15, 0.2) is 0 Å². The van der Waals surface area contributed by atoms with Crippen LogP contribution in [0.3, 0.4) is 0 Å². The highest BCUT2D eigenvalue weighted by Crippen LogP contribution is 2.46. The summed E-state index contributed by atoms with van der Waals surface area (Å²) in [5.74, 6) is 0. The minimum absolute atomic E-state index is 0.911. The fourth-order valence-corrected chi connectivity index (χ4v) is 11.8. The molecule has 0 saturated carbocycles. The molecule has 0 atom stereocenters. The monoisotopic (exact) mass is 832 g/mol. The molecule has 0 amide bonds. The van der Waals surface area contributed by atoms with Crippen molar-refractivity contribution in [3.63, 3.8) is 0 Å². The number of benzene rings is 10. The standard InChI is InChI=1S/C60H36N2OS/c1-5-25-50-47(17-1)57-44(22-11-27-52(57)61(50)39-34-32-37(33-35-39)42-21-10-24-46-43-16-3-7-29-54(43)63-60(42)46)45-23-12-28-53-58(45)48-18-2-6-26-51(48)62(53)40-15-9-14-38(36-40)41-20-13-31-56-59(41)49-19-4-8-30-55(49)64-56/h1-36H. The smallest absolute Gasteiger partial charge is 0.143 e. The van der Waals surface area contributed by atoms with Crippen LogP contribution in [0.4, 0.5) is 0 Å². The Hall–Kier alpha value is -8.18. The first-order valence-electron chi connectivity index (χ1n) is 21.8. The van der Waals surface area contributed by atoms with Gasteiger partial charge in [-0.1, -0.05) is 152 Å². The first-order valence-corrected chi connectivity index (χ1v) is 22.7. The van der Waals surface area contributed by atoms with Gasteiger partial charge in [-0.2, -0.15) is 0 Å². The van der Waals surface area contributed by atoms with Gasteiger partial charge in [0.2, 0.25) is 0 Å². The lowest BCUT2D eigenvalue weighted by molar-refractivity contribution is 0.670. The molecule has 0 fully saturated rings. The molecule has 4 heterocycles. The van der Waals surface area contributed by atoms with Crippen LogP contribution in [0, 0.1) is 0 Å². The number of nitrogens with zero attached hydrogens (tertiary/aromatic N) is 2. The van der Waals surface area contributed by atoms with Gasteiger partial charge in [-0.25, -0.2) is 0 Å². The highest BCUT2D eigenvalue weighted by atomic mass is 32.1. The Balaban J connectivity index is 0.939. The fourth-order valence-electron chi connectivity index (χ4n) is 10.6. The van der Waals surface area contributed by atoms with Crippen molar-refractivity contribution in [2.45, 2.75) is 0 Å². The third-order valence-corrected chi connectivity index (χ3v) is 14.5. The van der Waals surface area contributed by atoms with E-state index in [0.29, 0.717) is 0 Å². The quantitative estimate of drug-likeness (QED) is 0.169. The summed E-state index contributed by atoms with van der Waals surface area (Å²) in [6.07, 6.45) is 0. The van der Waals surface area contributed by atoms with Crippen molar-refractivity contribution in [1.82, 2.24) is 9.13 Å². The van der Waals surface area contributed by atoms with E-state index in [2.05, 4.69) is 215 Å². The molecule has 0 bridgehead atoms. The van der Waals surface area contributed by atoms with Gasteiger partial charge in [0, 0.05) is 69.4 Å². The van der Waals surface area contributed by atoms with Crippen molar-refractivity contribution in [3.05, 3.63) is 218 Å². The maximum Gasteiger partial charge on any atom is 0.143 e. The summed E-state index contributed by atoms with van der Waals surface area (Å²) in [7, 11) is 0. The average molecular weight is 833 g/mol. The molecule has 298 valence electrons. The summed E-state index contributed by atoms with van der Waals surface area (Å²) >= 11 is 1.87. The molecule has 0 radical (unpaired) electrons. The highest BCUT2D eigenvalue weighted by molar-refractivity contribution is 7.25. The second-order valence-corrected chi connectivity index (χ2v) is 17.8. The van der Waals surface area contributed by atoms with Gasteiger partial charge >= 0.3 is 0 Å². The Morgan fingerprint density at radius 3 is 1.59 bits per heavy atom. The molecule has 14 aromatic rings. The second-order valence-electron chi connectivity index (χ2n) is 16.8. The van der Waals surface area contributed by atoms with Crippen molar-refractivity contribution in [2.24, 2.45) is 0 Å². The minimum atomic E-state index is 0.911. The number of furan rings is 1. The molecule has 0 spiro atoms. The van der Waals surface area contributed by atoms with Crippen LogP contribution in [0.2, 0.25) is 0 Å². The Morgan fingerprint density at radius 2 is 0.844 bits per heavy atom. The molecule has 4 heteroatoms. The van der Waals surface area contributed by atoms with Crippen LogP contribution in [0.15, 0.2) is 223 Å². The van der Waals surface area contributed by atoms with E-state index in [1.807, 2.05) is 23.5 Å². The minimum Gasteiger partial charge on any atom is -0.455 e. The van der Waals surface area contributed by atoms with Crippen LogP contribution in [0.25, 0.3) is 130 Å². The van der Waals surface area contributed by atoms with Gasteiger partial charge in [0.05, 0.1) is 22.1 Å². The molecule has 3 nitrogen and oxygen atoms in total. The van der Waals surface area contributed by atoms with Crippen LogP contribution in [0.1, 0.15) is 0 Å². The Kier molecular flexibility index (Phi) is 7.56. The molecule has 0 saturated heterocycles. The number of hydrogen-bond acceptors (Lipinski definition) is 2. The van der Waals surface area contributed by atoms with Crippen LogP contribution in [-0.2, 0) is 0 Å². The van der Waals surface area contributed by atoms with E-state index in [1.165, 1.54) is 86.0 Å². The third kappa shape index (κ3) is 5.09. The first kappa shape index (κ1) is 35.4. The topological polar surface area (TPSA) is 23.0 Å². The maximum absolute atomic E-state index is 6.44. The van der Waals surface area contributed by atoms with Crippen LogP contribution >= 0.6 is 11.3 Å². The summed E-state index contributed by atoms with van der Waals surface area (Å²) in [4.78, 5) is 0. The van der Waals surface area contributed by atoms with Crippen molar-refractivity contribution < 1.29 is 4.42 Å². The molecule has 0 aliphatic heterocycles. The third-order valence-electron chi connectivity index (χ3n) is 13.3. The highest BCUT2D eigenvalue weighted by Gasteiger charge is 2.22. The van der Waals surface area contributed by atoms with Crippen molar-refractivity contribution in [3.8, 4) is 44.8 Å². The number of para-hydroxylation sites is 4. The first-order chi connectivity index (χ1) is 31.8. The lowest BCUT2D eigenvalue weighted by Gasteiger charge is -2.12. The van der Waals surface area contributed by atoms with Crippen molar-refractivity contribution >= 4 is 97.1 Å². The SMILES string of the molecule is c1cc(-c2cccc3sc4ccccc4c23)cc(-n2c3ccccc3c3c(-c4cccc5c4c4ccccc4n5-c4ccc(-c5cccc6c5oc5ccccc56)cc4)cccc32)c1. The molecule has 0 unspecified atom stereocenters. The van der Waals surface area contributed by atoms with E-state index in [0.717, 1.165) is 44.4 Å². The maximum atomic E-state index is 6.44. The van der Waals surface area contributed by atoms with Crippen molar-refractivity contribution in [2.75, 3.05) is 0 Å². The molecule has 0 aliphatic carbocycles. The largest absolute Gasteiger partial charge is 0.455 e. The Labute approximate surface area is 371 Å². The molecule has 64 heavy (non-hydrogen) atoms. The Bertz CT molecular complexity index is 4200. The Morgan fingerprint density at radius 1 is 0.312 bits per heavy atom. The second kappa shape index (κ2) is 13.7. The average Bonchev–Trinajstić information content (AvgIpc) is 4.12. The molecule has 14 rings (SSSR count). The number of aromatic nitrogens is 2. The van der Waals surface area contributed by atoms with E-state index in [4.69, 9.17) is 4.42 Å². The van der Waals surface area contributed by atoms with Gasteiger partial charge in [-0.05, 0) is 94.5 Å². The number of fused-ring (bicyclic) bond motifs is 12. The predicted molar refractivity (Wildman–Crippen MR) is 272 cm³/mol. The van der Waals surface area contributed by atoms with E-state index in [-0.39, 0.29) is 0 Å². The zero-order valence-corrected chi connectivity index (χ0v) is 35.3. The summed E-state index contributed by atoms with van der Waals surface area (Å²) in [5, 5.41) is 9.89. The van der Waals surface area contributed by atoms with E-state index >= 15 is 0 Å². The van der Waals surface area contributed by atoms with E-state index in [9.17, 15) is 0 Å². The lowest BCUT2D eigenvalue weighted by Crippen LogP contribution is -1.95. The van der Waals surface area contributed by atoms with Crippen LogP contribution < -0.4 is 0 Å². The zero-order valence-electron chi connectivity index (χ0n) is 34.5. The summed E-state index contributed by atoms with van der Waals surface area (Å²) < 4.78 is 14.0. The molecule has 0 aliphatic rings. The van der Waals surface area contributed by atoms with Gasteiger partial charge in [-0.15, -0.1) is 11.3 Å². The number of thiophene rings is 1. The zero-order chi connectivity index (χ0) is 41.9. The van der Waals surface area contributed by atoms with Gasteiger partial charge in [-0.3, -0.25) is 0 Å². The fraction of sp³-hybridized carbons (Fsp3) is 0. The van der Waals surface area contributed by atoms with E-state index < -0.39 is 0 Å². The van der Waals surface area contributed by atoms with Crippen molar-refractivity contribution in [1.29, 1.82) is 0 Å². The molecule has 0 N–H and O–H groups in total. The van der Waals surface area contributed by atoms with Gasteiger partial charge in [0.1, 0.15) is 11.2 Å². The predicted octanol–water partition coefficient (Wildman–Crippen LogP) is 17.1. The number of rotatable bonds is 5. The summed E-state index contributed by atoms with van der Waals surface area (Å²) in [6, 6.07) is 79.7. The van der Waals surface area contributed by atoms with E-state index in [1.54, 1.807) is 0 Å². The van der Waals surface area contributed by atoms with Gasteiger partial charge in [0.25, 0.3) is 0 Å². The van der Waals surface area contributed by atoms with Crippen LogP contribution in [-0.4, -0.2) is 9.13 Å². The molecule has 10 aromatic carbocycles. The summed E-state index contributed by atoms with van der Waals surface area (Å²) in [6.45, 7) is 0.